The standard InChI is InChI=1S/C13H16N2O5/c1-8(2)3-6-12(16)14-10-5-4-9(13(17)18)7-11(10)15(19)20/h4-5,7-8H,3,6H2,1-2H3,(H,14,16)(H,17,18). The first-order chi connectivity index (χ1) is 9.31. The number of nitrogens with one attached hydrogen (secondary N) is 1. The summed E-state index contributed by atoms with van der Waals surface area (Å²) >= 11 is 0. The van der Waals surface area contributed by atoms with Gasteiger partial charge in [-0.1, -0.05) is 13.8 Å². The molecule has 7 nitrogen and oxygen atoms in total. The Balaban J connectivity index is 2.92. The summed E-state index contributed by atoms with van der Waals surface area (Å²) in [6.07, 6.45) is 0.933. The molecule has 20 heavy (non-hydrogen) atoms. The first kappa shape index (κ1) is 15.6. The highest BCUT2D eigenvalue weighted by Gasteiger charge is 2.18. The van der Waals surface area contributed by atoms with Crippen LogP contribution < -0.4 is 5.32 Å². The quantitative estimate of drug-likeness (QED) is 0.615. The van der Waals surface area contributed by atoms with E-state index >= 15 is 0 Å². The molecule has 0 fully saturated rings. The number of carbonyl (C=O) groups excluding carboxylic acids is 1. The predicted molar refractivity (Wildman–Crippen MR) is 72.8 cm³/mol. The summed E-state index contributed by atoms with van der Waals surface area (Å²) in [6.45, 7) is 3.94. The second-order valence-electron chi connectivity index (χ2n) is 4.77. The second kappa shape index (κ2) is 6.65. The fourth-order valence-electron chi connectivity index (χ4n) is 1.55. The molecule has 7 heteroatoms. The molecular formula is C13H16N2O5. The number of benzene rings is 1. The highest BCUT2D eigenvalue weighted by molar-refractivity contribution is 5.95. The number of nitro benzene ring substituents is 1. The van der Waals surface area contributed by atoms with Crippen LogP contribution in [0.25, 0.3) is 0 Å². The van der Waals surface area contributed by atoms with E-state index in [9.17, 15) is 19.7 Å². The Hall–Kier alpha value is -2.44. The monoisotopic (exact) mass is 280 g/mol. The van der Waals surface area contributed by atoms with Crippen molar-refractivity contribution in [2.75, 3.05) is 5.32 Å². The van der Waals surface area contributed by atoms with Gasteiger partial charge < -0.3 is 10.4 Å². The van der Waals surface area contributed by atoms with E-state index in [1.165, 1.54) is 12.1 Å². The van der Waals surface area contributed by atoms with Crippen LogP contribution in [0.5, 0.6) is 0 Å². The van der Waals surface area contributed by atoms with Gasteiger partial charge in [0.15, 0.2) is 0 Å². The Kier molecular flexibility index (Phi) is 5.19. The second-order valence-corrected chi connectivity index (χ2v) is 4.77. The van der Waals surface area contributed by atoms with E-state index in [2.05, 4.69) is 5.32 Å². The number of aromatic carboxylic acids is 1. The van der Waals surface area contributed by atoms with Gasteiger partial charge in [-0.3, -0.25) is 14.9 Å². The highest BCUT2D eigenvalue weighted by Crippen LogP contribution is 2.26. The van der Waals surface area contributed by atoms with Crippen molar-refractivity contribution in [3.05, 3.63) is 33.9 Å². The smallest absolute Gasteiger partial charge is 0.335 e. The Morgan fingerprint density at radius 2 is 2.05 bits per heavy atom. The number of rotatable bonds is 6. The third-order valence-corrected chi connectivity index (χ3v) is 2.66. The average molecular weight is 280 g/mol. The molecule has 0 aliphatic carbocycles. The number of carboxylic acid groups (broad SMARTS) is 1. The molecule has 0 aliphatic heterocycles. The van der Waals surface area contributed by atoms with Crippen molar-refractivity contribution < 1.29 is 19.6 Å². The van der Waals surface area contributed by atoms with Gasteiger partial charge >= 0.3 is 5.97 Å². The minimum atomic E-state index is -1.26. The fraction of sp³-hybridized carbons (Fsp3) is 0.385. The summed E-state index contributed by atoms with van der Waals surface area (Å²) in [7, 11) is 0. The van der Waals surface area contributed by atoms with E-state index in [1.807, 2.05) is 13.8 Å². The van der Waals surface area contributed by atoms with Gasteiger partial charge in [-0.2, -0.15) is 0 Å². The Labute approximate surface area is 115 Å². The number of anilines is 1. The number of amides is 1. The molecular weight excluding hydrogens is 264 g/mol. The van der Waals surface area contributed by atoms with E-state index < -0.39 is 16.6 Å². The lowest BCUT2D eigenvalue weighted by atomic mass is 10.1. The molecule has 0 heterocycles. The molecule has 1 aromatic rings. The first-order valence-corrected chi connectivity index (χ1v) is 6.13. The van der Waals surface area contributed by atoms with E-state index in [1.54, 1.807) is 0 Å². The maximum atomic E-state index is 11.7. The number of nitrogens with zero attached hydrogens (tertiary/aromatic N) is 1. The molecule has 1 amide bonds. The van der Waals surface area contributed by atoms with Crippen LogP contribution in [0.2, 0.25) is 0 Å². The third-order valence-electron chi connectivity index (χ3n) is 2.66. The topological polar surface area (TPSA) is 110 Å². The van der Waals surface area contributed by atoms with Crippen LogP contribution in [0, 0.1) is 16.0 Å². The molecule has 108 valence electrons. The Morgan fingerprint density at radius 3 is 2.55 bits per heavy atom. The van der Waals surface area contributed by atoms with Crippen LogP contribution in [0.15, 0.2) is 18.2 Å². The van der Waals surface area contributed by atoms with Gasteiger partial charge in [0.1, 0.15) is 5.69 Å². The molecule has 0 unspecified atom stereocenters. The molecule has 1 aromatic carbocycles. The number of hydrogen-bond donors (Lipinski definition) is 2. The molecule has 0 aliphatic rings. The lowest BCUT2D eigenvalue weighted by molar-refractivity contribution is -0.384. The maximum Gasteiger partial charge on any atom is 0.335 e. The lowest BCUT2D eigenvalue weighted by Gasteiger charge is -2.08. The van der Waals surface area contributed by atoms with Gasteiger partial charge in [0, 0.05) is 12.5 Å². The molecule has 0 saturated carbocycles. The van der Waals surface area contributed by atoms with Crippen molar-refractivity contribution in [3.63, 3.8) is 0 Å². The SMILES string of the molecule is CC(C)CCC(=O)Nc1ccc(C(=O)O)cc1[N+](=O)[O-]. The molecule has 1 rings (SSSR count). The van der Waals surface area contributed by atoms with Crippen molar-refractivity contribution in [1.82, 2.24) is 0 Å². The van der Waals surface area contributed by atoms with Gasteiger partial charge in [0.05, 0.1) is 10.5 Å². The zero-order chi connectivity index (χ0) is 15.3. The number of carboxylic acids is 1. The van der Waals surface area contributed by atoms with Gasteiger partial charge in [0.25, 0.3) is 5.69 Å². The number of hydrogen-bond acceptors (Lipinski definition) is 4. The maximum absolute atomic E-state index is 11.7. The van der Waals surface area contributed by atoms with E-state index in [4.69, 9.17) is 5.11 Å². The zero-order valence-corrected chi connectivity index (χ0v) is 11.3. The van der Waals surface area contributed by atoms with Crippen molar-refractivity contribution in [3.8, 4) is 0 Å². The molecule has 0 saturated heterocycles. The van der Waals surface area contributed by atoms with Gasteiger partial charge in [-0.05, 0) is 24.5 Å². The summed E-state index contributed by atoms with van der Waals surface area (Å²) in [5.41, 5.74) is -0.617. The summed E-state index contributed by atoms with van der Waals surface area (Å²) < 4.78 is 0. The van der Waals surface area contributed by atoms with Crippen molar-refractivity contribution >= 4 is 23.3 Å². The normalized spacial score (nSPS) is 10.3. The zero-order valence-electron chi connectivity index (χ0n) is 11.3. The highest BCUT2D eigenvalue weighted by atomic mass is 16.6. The summed E-state index contributed by atoms with van der Waals surface area (Å²) in [5, 5.41) is 22.1. The fourth-order valence-corrected chi connectivity index (χ4v) is 1.55. The molecule has 0 spiro atoms. The van der Waals surface area contributed by atoms with Crippen molar-refractivity contribution in [2.24, 2.45) is 5.92 Å². The molecule has 0 atom stereocenters. The van der Waals surface area contributed by atoms with Gasteiger partial charge in [-0.25, -0.2) is 4.79 Å². The van der Waals surface area contributed by atoms with E-state index in [-0.39, 0.29) is 23.6 Å². The Morgan fingerprint density at radius 1 is 1.40 bits per heavy atom. The van der Waals surface area contributed by atoms with Crippen LogP contribution in [0.3, 0.4) is 0 Å². The van der Waals surface area contributed by atoms with Gasteiger partial charge in [-0.15, -0.1) is 0 Å². The third kappa shape index (κ3) is 4.34. The minimum absolute atomic E-state index is 0.00811. The van der Waals surface area contributed by atoms with Crippen LogP contribution in [-0.2, 0) is 4.79 Å². The van der Waals surface area contributed by atoms with Gasteiger partial charge in [0.2, 0.25) is 5.91 Å². The average Bonchev–Trinajstić information content (AvgIpc) is 2.36. The van der Waals surface area contributed by atoms with Crippen LogP contribution in [-0.4, -0.2) is 21.9 Å². The largest absolute Gasteiger partial charge is 0.478 e. The summed E-state index contributed by atoms with van der Waals surface area (Å²) in [6, 6.07) is 3.38. The predicted octanol–water partition coefficient (Wildman–Crippen LogP) is 2.67. The molecule has 0 bridgehead atoms. The number of nitro groups is 1. The molecule has 0 radical (unpaired) electrons. The molecule has 0 aromatic heterocycles. The summed E-state index contributed by atoms with van der Waals surface area (Å²) in [4.78, 5) is 32.6. The minimum Gasteiger partial charge on any atom is -0.478 e. The van der Waals surface area contributed by atoms with E-state index in [0.717, 1.165) is 6.07 Å². The Bertz CT molecular complexity index is 540. The first-order valence-electron chi connectivity index (χ1n) is 6.13. The van der Waals surface area contributed by atoms with E-state index in [0.29, 0.717) is 12.3 Å². The molecule has 2 N–H and O–H groups in total. The summed E-state index contributed by atoms with van der Waals surface area (Å²) in [5.74, 6) is -1.24. The van der Waals surface area contributed by atoms with Crippen LogP contribution >= 0.6 is 0 Å². The van der Waals surface area contributed by atoms with Crippen molar-refractivity contribution in [2.45, 2.75) is 26.7 Å². The lowest BCUT2D eigenvalue weighted by Crippen LogP contribution is -2.13. The van der Waals surface area contributed by atoms with Crippen LogP contribution in [0.1, 0.15) is 37.0 Å². The van der Waals surface area contributed by atoms with Crippen LogP contribution in [0.4, 0.5) is 11.4 Å². The number of carbonyl (C=O) groups is 2. The van der Waals surface area contributed by atoms with Crippen molar-refractivity contribution in [1.29, 1.82) is 0 Å².